The number of carbonyl (C=O) groups is 1. The molecule has 3 aromatic carbocycles. The highest BCUT2D eigenvalue weighted by molar-refractivity contribution is 5.92. The molecule has 1 fully saturated rings. The summed E-state index contributed by atoms with van der Waals surface area (Å²) in [5.74, 6) is -0.260. The highest BCUT2D eigenvalue weighted by Gasteiger charge is 2.22. The minimum absolute atomic E-state index is 0.288. The van der Waals surface area contributed by atoms with E-state index in [1.165, 1.54) is 12.1 Å². The third kappa shape index (κ3) is 3.29. The maximum Gasteiger partial charge on any atom is 0.343 e. The second-order valence-corrected chi connectivity index (χ2v) is 5.90. The predicted molar refractivity (Wildman–Crippen MR) is 88.8 cm³/mol. The highest BCUT2D eigenvalue weighted by Crippen LogP contribution is 2.23. The number of carbonyl (C=O) groups excluding carboxylic acids is 1. The molecule has 3 aromatic rings. The average molecular weight is 322 g/mol. The predicted octanol–water partition coefficient (Wildman–Crippen LogP) is 4.14. The minimum atomic E-state index is -0.411. The summed E-state index contributed by atoms with van der Waals surface area (Å²) in [6, 6.07) is 17.0. The van der Waals surface area contributed by atoms with E-state index in [2.05, 4.69) is 0 Å². The fraction of sp³-hybridized carbons (Fsp3) is 0.150. The molecule has 0 N–H and O–H groups in total. The topological polar surface area (TPSA) is 38.8 Å². The third-order valence-electron chi connectivity index (χ3n) is 4.04. The van der Waals surface area contributed by atoms with Crippen molar-refractivity contribution in [1.82, 2.24) is 0 Å². The van der Waals surface area contributed by atoms with Crippen molar-refractivity contribution in [1.29, 1.82) is 0 Å². The normalized spacial score (nSPS) is 16.1. The molecule has 0 saturated carbocycles. The van der Waals surface area contributed by atoms with Crippen LogP contribution in [0.1, 0.15) is 15.9 Å². The molecule has 4 rings (SSSR count). The number of rotatable bonds is 4. The van der Waals surface area contributed by atoms with E-state index < -0.39 is 5.97 Å². The Morgan fingerprint density at radius 2 is 1.75 bits per heavy atom. The van der Waals surface area contributed by atoms with Crippen LogP contribution in [0.25, 0.3) is 10.8 Å². The van der Waals surface area contributed by atoms with Crippen LogP contribution in [0, 0.1) is 5.82 Å². The number of epoxide rings is 1. The van der Waals surface area contributed by atoms with E-state index in [1.807, 2.05) is 12.1 Å². The van der Waals surface area contributed by atoms with Crippen molar-refractivity contribution in [2.45, 2.75) is 12.5 Å². The molecule has 1 heterocycles. The van der Waals surface area contributed by atoms with E-state index in [1.54, 1.807) is 36.4 Å². The van der Waals surface area contributed by atoms with Crippen LogP contribution in [0.2, 0.25) is 0 Å². The number of hydrogen-bond acceptors (Lipinski definition) is 3. The smallest absolute Gasteiger partial charge is 0.343 e. The van der Waals surface area contributed by atoms with Crippen molar-refractivity contribution < 1.29 is 18.7 Å². The summed E-state index contributed by atoms with van der Waals surface area (Å²) in [5, 5.41) is 1.59. The molecular formula is C20H15FO3. The Kier molecular flexibility index (Phi) is 3.75. The first-order valence-corrected chi connectivity index (χ1v) is 7.79. The fourth-order valence-electron chi connectivity index (χ4n) is 2.65. The Hall–Kier alpha value is -2.72. The molecule has 24 heavy (non-hydrogen) atoms. The highest BCUT2D eigenvalue weighted by atomic mass is 19.1. The van der Waals surface area contributed by atoms with Gasteiger partial charge in [-0.15, -0.1) is 0 Å². The Morgan fingerprint density at radius 1 is 1.04 bits per heavy atom. The number of ether oxygens (including phenoxy) is 2. The average Bonchev–Trinajstić information content (AvgIpc) is 3.39. The van der Waals surface area contributed by atoms with E-state index >= 15 is 0 Å². The standard InChI is InChI=1S/C20H15FO3/c21-17-7-5-16-11-18(8-6-15(16)10-17)24-20(22)14-3-1-13(2-4-14)9-19-12-23-19/h1-8,10-11,19H,9,12H2. The van der Waals surface area contributed by atoms with E-state index in [4.69, 9.17) is 9.47 Å². The Bertz CT molecular complexity index is 898. The first kappa shape index (κ1) is 14.8. The molecule has 1 unspecified atom stereocenters. The SMILES string of the molecule is O=C(Oc1ccc2cc(F)ccc2c1)c1ccc(CC2CO2)cc1. The molecule has 1 saturated heterocycles. The van der Waals surface area contributed by atoms with Crippen LogP contribution < -0.4 is 4.74 Å². The monoisotopic (exact) mass is 322 g/mol. The zero-order chi connectivity index (χ0) is 16.5. The van der Waals surface area contributed by atoms with Crippen molar-refractivity contribution in [3.05, 3.63) is 77.6 Å². The van der Waals surface area contributed by atoms with Crippen molar-refractivity contribution in [3.63, 3.8) is 0 Å². The minimum Gasteiger partial charge on any atom is -0.423 e. The van der Waals surface area contributed by atoms with Gasteiger partial charge in [0.25, 0.3) is 0 Å². The summed E-state index contributed by atoms with van der Waals surface area (Å²) in [6.07, 6.45) is 1.20. The van der Waals surface area contributed by atoms with Crippen molar-refractivity contribution in [2.75, 3.05) is 6.61 Å². The molecular weight excluding hydrogens is 307 g/mol. The largest absolute Gasteiger partial charge is 0.423 e. The second kappa shape index (κ2) is 6.06. The molecule has 1 aliphatic rings. The van der Waals surface area contributed by atoms with Gasteiger partial charge in [0.1, 0.15) is 11.6 Å². The summed E-state index contributed by atoms with van der Waals surface area (Å²) in [5.41, 5.74) is 1.64. The third-order valence-corrected chi connectivity index (χ3v) is 4.04. The van der Waals surface area contributed by atoms with Gasteiger partial charge >= 0.3 is 5.97 Å². The molecule has 3 nitrogen and oxygen atoms in total. The molecule has 0 radical (unpaired) electrons. The van der Waals surface area contributed by atoms with Gasteiger partial charge in [-0.05, 0) is 52.7 Å². The van der Waals surface area contributed by atoms with E-state index in [-0.39, 0.29) is 5.82 Å². The van der Waals surface area contributed by atoms with Gasteiger partial charge < -0.3 is 9.47 Å². The summed E-state index contributed by atoms with van der Waals surface area (Å²) < 4.78 is 23.8. The molecule has 1 atom stereocenters. The van der Waals surface area contributed by atoms with Crippen molar-refractivity contribution >= 4 is 16.7 Å². The number of benzene rings is 3. The number of halogens is 1. The van der Waals surface area contributed by atoms with Gasteiger partial charge in [0, 0.05) is 6.42 Å². The molecule has 120 valence electrons. The van der Waals surface area contributed by atoms with Gasteiger partial charge in [0.2, 0.25) is 0 Å². The zero-order valence-corrected chi connectivity index (χ0v) is 12.9. The van der Waals surface area contributed by atoms with Gasteiger partial charge in [-0.3, -0.25) is 0 Å². The maximum absolute atomic E-state index is 13.2. The van der Waals surface area contributed by atoms with Crippen molar-refractivity contribution in [2.24, 2.45) is 0 Å². The van der Waals surface area contributed by atoms with Crippen LogP contribution in [0.3, 0.4) is 0 Å². The van der Waals surface area contributed by atoms with Crippen LogP contribution in [-0.2, 0) is 11.2 Å². The number of fused-ring (bicyclic) bond motifs is 1. The number of esters is 1. The quantitative estimate of drug-likeness (QED) is 0.412. The zero-order valence-electron chi connectivity index (χ0n) is 12.9. The molecule has 4 heteroatoms. The Balaban J connectivity index is 1.49. The lowest BCUT2D eigenvalue weighted by Crippen LogP contribution is -2.08. The van der Waals surface area contributed by atoms with Crippen LogP contribution in [-0.4, -0.2) is 18.7 Å². The van der Waals surface area contributed by atoms with E-state index in [9.17, 15) is 9.18 Å². The van der Waals surface area contributed by atoms with Crippen LogP contribution in [0.15, 0.2) is 60.7 Å². The molecule has 0 bridgehead atoms. The lowest BCUT2D eigenvalue weighted by atomic mass is 10.1. The van der Waals surface area contributed by atoms with E-state index in [0.717, 1.165) is 29.4 Å². The molecule has 0 amide bonds. The lowest BCUT2D eigenvalue weighted by molar-refractivity contribution is 0.0735. The van der Waals surface area contributed by atoms with Gasteiger partial charge in [0.15, 0.2) is 0 Å². The summed E-state index contributed by atoms with van der Waals surface area (Å²) in [7, 11) is 0. The first-order chi connectivity index (χ1) is 11.7. The maximum atomic E-state index is 13.2. The van der Waals surface area contributed by atoms with Crippen molar-refractivity contribution in [3.8, 4) is 5.75 Å². The van der Waals surface area contributed by atoms with Crippen LogP contribution >= 0.6 is 0 Å². The molecule has 1 aliphatic heterocycles. The first-order valence-electron chi connectivity index (χ1n) is 7.79. The van der Waals surface area contributed by atoms with Gasteiger partial charge in [-0.1, -0.05) is 24.3 Å². The second-order valence-electron chi connectivity index (χ2n) is 5.90. The molecule has 0 spiro atoms. The van der Waals surface area contributed by atoms with Gasteiger partial charge in [-0.2, -0.15) is 0 Å². The van der Waals surface area contributed by atoms with E-state index in [0.29, 0.717) is 17.4 Å². The Labute approximate surface area is 138 Å². The van der Waals surface area contributed by atoms with Crippen LogP contribution in [0.5, 0.6) is 5.75 Å². The Morgan fingerprint density at radius 3 is 2.50 bits per heavy atom. The molecule has 0 aliphatic carbocycles. The summed E-state index contributed by atoms with van der Waals surface area (Å²) >= 11 is 0. The summed E-state index contributed by atoms with van der Waals surface area (Å²) in [4.78, 5) is 12.2. The lowest BCUT2D eigenvalue weighted by Gasteiger charge is -2.07. The van der Waals surface area contributed by atoms with Crippen LogP contribution in [0.4, 0.5) is 4.39 Å². The van der Waals surface area contributed by atoms with Gasteiger partial charge in [-0.25, -0.2) is 9.18 Å². The summed E-state index contributed by atoms with van der Waals surface area (Å²) in [6.45, 7) is 0.815. The fourth-order valence-corrected chi connectivity index (χ4v) is 2.65. The molecule has 0 aromatic heterocycles. The number of hydrogen-bond donors (Lipinski definition) is 0. The van der Waals surface area contributed by atoms with Gasteiger partial charge in [0.05, 0.1) is 18.3 Å².